The lowest BCUT2D eigenvalue weighted by atomic mass is 10.2. The topological polar surface area (TPSA) is 26.3 Å². The minimum atomic E-state index is -3.24. The first-order chi connectivity index (χ1) is 5.09. The number of alkyl halides is 2. The molecule has 0 aromatic carbocycles. The van der Waals surface area contributed by atoms with Gasteiger partial charge in [-0.15, -0.1) is 0 Å². The Morgan fingerprint density at radius 1 is 1.64 bits per heavy atom. The van der Waals surface area contributed by atoms with E-state index in [1.54, 1.807) is 0 Å². The van der Waals surface area contributed by atoms with Gasteiger partial charge in [-0.1, -0.05) is 0 Å². The Kier molecular flexibility index (Phi) is 2.11. The number of carbonyl (C=O) groups excluding carboxylic acids is 1. The lowest BCUT2D eigenvalue weighted by Crippen LogP contribution is -2.32. The lowest BCUT2D eigenvalue weighted by Gasteiger charge is -2.12. The molecule has 0 saturated heterocycles. The molecule has 0 atom stereocenters. The molecule has 0 aromatic heterocycles. The highest BCUT2D eigenvalue weighted by Crippen LogP contribution is 2.43. The van der Waals surface area contributed by atoms with Crippen molar-refractivity contribution in [3.8, 4) is 0 Å². The quantitative estimate of drug-likeness (QED) is 0.592. The Balaban J connectivity index is 2.48. The highest BCUT2D eigenvalue weighted by atomic mass is 19.3. The first-order valence-corrected chi connectivity index (χ1v) is 3.64. The molecule has 0 N–H and O–H groups in total. The summed E-state index contributed by atoms with van der Waals surface area (Å²) in [5, 5.41) is 0. The van der Waals surface area contributed by atoms with Crippen LogP contribution in [-0.2, 0) is 9.53 Å². The van der Waals surface area contributed by atoms with Crippen LogP contribution in [0, 0.1) is 5.92 Å². The number of ether oxygens (including phenoxy) is 1. The molecule has 0 aliphatic heterocycles. The van der Waals surface area contributed by atoms with Gasteiger partial charge in [-0.2, -0.15) is 8.78 Å². The van der Waals surface area contributed by atoms with Crippen LogP contribution < -0.4 is 0 Å². The Hall–Kier alpha value is -0.670. The minimum Gasteiger partial charge on any atom is -0.462 e. The highest BCUT2D eigenvalue weighted by Gasteiger charge is 2.53. The van der Waals surface area contributed by atoms with Crippen LogP contribution in [0.25, 0.3) is 0 Å². The van der Waals surface area contributed by atoms with Crippen molar-refractivity contribution in [2.45, 2.75) is 25.7 Å². The summed E-state index contributed by atoms with van der Waals surface area (Å²) in [6.07, 6.45) is 0.873. The molecule has 0 spiro atoms. The Morgan fingerprint density at radius 2 is 2.18 bits per heavy atom. The molecule has 1 aliphatic carbocycles. The molecule has 1 fully saturated rings. The van der Waals surface area contributed by atoms with Crippen LogP contribution in [0.5, 0.6) is 0 Å². The summed E-state index contributed by atoms with van der Waals surface area (Å²) < 4.78 is 29.6. The normalized spacial score (nSPS) is 18.1. The first-order valence-electron chi connectivity index (χ1n) is 3.64. The zero-order valence-corrected chi connectivity index (χ0v) is 6.27. The molecule has 0 amide bonds. The zero-order chi connectivity index (χ0) is 8.48. The van der Waals surface area contributed by atoms with Gasteiger partial charge in [0, 0.05) is 5.92 Å². The second-order valence-corrected chi connectivity index (χ2v) is 2.62. The summed E-state index contributed by atoms with van der Waals surface area (Å²) in [5.74, 6) is -5.38. The maximum Gasteiger partial charge on any atom is 0.377 e. The summed E-state index contributed by atoms with van der Waals surface area (Å²) >= 11 is 0. The molecular weight excluding hydrogens is 154 g/mol. The summed E-state index contributed by atoms with van der Waals surface area (Å²) in [6, 6.07) is 0. The fourth-order valence-electron chi connectivity index (χ4n) is 0.840. The minimum absolute atomic E-state index is 0.0150. The van der Waals surface area contributed by atoms with Crippen molar-refractivity contribution in [1.29, 1.82) is 0 Å². The van der Waals surface area contributed by atoms with Crippen LogP contribution in [0.15, 0.2) is 0 Å². The number of carbonyl (C=O) groups is 1. The Labute approximate surface area is 63.5 Å². The highest BCUT2D eigenvalue weighted by molar-refractivity contribution is 5.78. The Bertz CT molecular complexity index is 164. The summed E-state index contributed by atoms with van der Waals surface area (Å²) in [7, 11) is 0. The molecule has 1 rings (SSSR count). The van der Waals surface area contributed by atoms with Crippen molar-refractivity contribution in [2.24, 2.45) is 5.92 Å². The van der Waals surface area contributed by atoms with Gasteiger partial charge in [0.1, 0.15) is 0 Å². The zero-order valence-electron chi connectivity index (χ0n) is 6.27. The molecule has 0 radical (unpaired) electrons. The summed E-state index contributed by atoms with van der Waals surface area (Å²) in [5.41, 5.74) is 0. The molecule has 0 aromatic rings. The van der Waals surface area contributed by atoms with Crippen molar-refractivity contribution in [3.63, 3.8) is 0 Å². The van der Waals surface area contributed by atoms with Crippen LogP contribution in [0.2, 0.25) is 0 Å². The third-order valence-corrected chi connectivity index (χ3v) is 1.64. The molecule has 0 bridgehead atoms. The van der Waals surface area contributed by atoms with Gasteiger partial charge in [-0.3, -0.25) is 0 Å². The van der Waals surface area contributed by atoms with E-state index in [-0.39, 0.29) is 6.61 Å². The van der Waals surface area contributed by atoms with Gasteiger partial charge in [-0.05, 0) is 19.8 Å². The van der Waals surface area contributed by atoms with Crippen LogP contribution in [-0.4, -0.2) is 18.5 Å². The van der Waals surface area contributed by atoms with E-state index >= 15 is 0 Å². The monoisotopic (exact) mass is 164 g/mol. The van der Waals surface area contributed by atoms with Crippen LogP contribution in [0.3, 0.4) is 0 Å². The van der Waals surface area contributed by atoms with Crippen LogP contribution in [0.4, 0.5) is 8.78 Å². The summed E-state index contributed by atoms with van der Waals surface area (Å²) in [4.78, 5) is 10.6. The first kappa shape index (κ1) is 8.43. The van der Waals surface area contributed by atoms with Crippen LogP contribution >= 0.6 is 0 Å². The smallest absolute Gasteiger partial charge is 0.377 e. The third-order valence-electron chi connectivity index (χ3n) is 1.64. The van der Waals surface area contributed by atoms with Crippen LogP contribution in [0.1, 0.15) is 19.8 Å². The molecule has 4 heteroatoms. The van der Waals surface area contributed by atoms with Crippen molar-refractivity contribution in [3.05, 3.63) is 0 Å². The van der Waals surface area contributed by atoms with Gasteiger partial charge in [0.25, 0.3) is 0 Å². The fourth-order valence-corrected chi connectivity index (χ4v) is 0.840. The number of hydrogen-bond acceptors (Lipinski definition) is 2. The molecule has 64 valence electrons. The van der Waals surface area contributed by atoms with Gasteiger partial charge in [0.2, 0.25) is 0 Å². The van der Waals surface area contributed by atoms with Gasteiger partial charge in [-0.25, -0.2) is 4.79 Å². The second kappa shape index (κ2) is 2.75. The Morgan fingerprint density at radius 3 is 2.55 bits per heavy atom. The lowest BCUT2D eigenvalue weighted by molar-refractivity contribution is -0.174. The average molecular weight is 164 g/mol. The maximum absolute atomic E-state index is 12.7. The maximum atomic E-state index is 12.7. The van der Waals surface area contributed by atoms with E-state index in [1.807, 2.05) is 0 Å². The number of esters is 1. The molecule has 1 saturated carbocycles. The van der Waals surface area contributed by atoms with E-state index in [9.17, 15) is 13.6 Å². The molecule has 1 aliphatic rings. The van der Waals surface area contributed by atoms with E-state index in [1.165, 1.54) is 6.92 Å². The van der Waals surface area contributed by atoms with Crippen molar-refractivity contribution in [2.75, 3.05) is 6.61 Å². The molecule has 0 heterocycles. The van der Waals surface area contributed by atoms with Crippen molar-refractivity contribution >= 4 is 5.97 Å². The average Bonchev–Trinajstić information content (AvgIpc) is 2.68. The number of rotatable bonds is 3. The number of halogens is 2. The van der Waals surface area contributed by atoms with Crippen molar-refractivity contribution in [1.82, 2.24) is 0 Å². The fraction of sp³-hybridized carbons (Fsp3) is 0.857. The number of hydrogen-bond donors (Lipinski definition) is 0. The predicted octanol–water partition coefficient (Wildman–Crippen LogP) is 1.59. The third kappa shape index (κ3) is 1.67. The van der Waals surface area contributed by atoms with Gasteiger partial charge < -0.3 is 4.74 Å². The van der Waals surface area contributed by atoms with Gasteiger partial charge >= 0.3 is 11.9 Å². The van der Waals surface area contributed by atoms with Gasteiger partial charge in [0.15, 0.2) is 0 Å². The van der Waals surface area contributed by atoms with Crippen molar-refractivity contribution < 1.29 is 18.3 Å². The molecule has 2 nitrogen and oxygen atoms in total. The van der Waals surface area contributed by atoms with Gasteiger partial charge in [0.05, 0.1) is 6.61 Å². The van der Waals surface area contributed by atoms with E-state index in [2.05, 4.69) is 4.74 Å². The molecule has 11 heavy (non-hydrogen) atoms. The largest absolute Gasteiger partial charge is 0.462 e. The standard InChI is InChI=1S/C7H10F2O2/c1-2-11-6(10)7(8,9)5-3-4-5/h5H,2-4H2,1H3. The second-order valence-electron chi connectivity index (χ2n) is 2.62. The van der Waals surface area contributed by atoms with E-state index < -0.39 is 17.8 Å². The summed E-state index contributed by atoms with van der Waals surface area (Å²) in [6.45, 7) is 1.53. The van der Waals surface area contributed by atoms with E-state index in [0.29, 0.717) is 12.8 Å². The van der Waals surface area contributed by atoms with E-state index in [0.717, 1.165) is 0 Å². The predicted molar refractivity (Wildman–Crippen MR) is 34.3 cm³/mol. The SMILES string of the molecule is CCOC(=O)C(F)(F)C1CC1. The van der Waals surface area contributed by atoms with E-state index in [4.69, 9.17) is 0 Å². The molecule has 0 unspecified atom stereocenters. The molecular formula is C7H10F2O2.